The number of aliphatic hydroxyl groups excluding tert-OH is 1. The fraction of sp³-hybridized carbons (Fsp3) is 0.222. The van der Waals surface area contributed by atoms with Gasteiger partial charge < -0.3 is 9.84 Å². The van der Waals surface area contributed by atoms with E-state index in [0.29, 0.717) is 13.0 Å². The summed E-state index contributed by atoms with van der Waals surface area (Å²) in [5, 5.41) is 9.86. The molecular formula is C18H18O2. The standard InChI is InChI=1S/C18H18O2/c19-17-12-16(11-14-7-3-1-4-8-14)18(20-13-17)15-9-5-2-6-10-15/h1-11,17-19H,12-13H2/b16-11-/t17-,18+/m0/s1. The molecule has 1 heterocycles. The molecule has 0 unspecified atom stereocenters. The molecule has 102 valence electrons. The molecule has 2 heteroatoms. The topological polar surface area (TPSA) is 29.5 Å². The van der Waals surface area contributed by atoms with Crippen molar-refractivity contribution in [1.82, 2.24) is 0 Å². The van der Waals surface area contributed by atoms with E-state index in [2.05, 4.69) is 30.3 Å². The van der Waals surface area contributed by atoms with E-state index < -0.39 is 6.10 Å². The molecule has 3 rings (SSSR count). The highest BCUT2D eigenvalue weighted by molar-refractivity contribution is 5.55. The molecule has 0 amide bonds. The average molecular weight is 266 g/mol. The van der Waals surface area contributed by atoms with Crippen molar-refractivity contribution in [3.63, 3.8) is 0 Å². The van der Waals surface area contributed by atoms with Crippen LogP contribution in [0.5, 0.6) is 0 Å². The molecule has 1 fully saturated rings. The molecule has 0 radical (unpaired) electrons. The van der Waals surface area contributed by atoms with Crippen molar-refractivity contribution in [1.29, 1.82) is 0 Å². The summed E-state index contributed by atoms with van der Waals surface area (Å²) in [5.74, 6) is 0. The summed E-state index contributed by atoms with van der Waals surface area (Å²) in [4.78, 5) is 0. The zero-order valence-electron chi connectivity index (χ0n) is 11.3. The first kappa shape index (κ1) is 13.1. The molecule has 1 saturated heterocycles. The molecule has 0 bridgehead atoms. The molecule has 0 saturated carbocycles. The highest BCUT2D eigenvalue weighted by atomic mass is 16.5. The second-order valence-electron chi connectivity index (χ2n) is 5.11. The van der Waals surface area contributed by atoms with Gasteiger partial charge in [0.2, 0.25) is 0 Å². The van der Waals surface area contributed by atoms with E-state index in [1.54, 1.807) is 0 Å². The van der Waals surface area contributed by atoms with Gasteiger partial charge in [0.25, 0.3) is 0 Å². The first-order valence-corrected chi connectivity index (χ1v) is 6.93. The maximum atomic E-state index is 9.86. The van der Waals surface area contributed by atoms with Gasteiger partial charge in [-0.1, -0.05) is 66.7 Å². The normalized spacial score (nSPS) is 24.8. The first-order valence-electron chi connectivity index (χ1n) is 6.93. The van der Waals surface area contributed by atoms with Crippen LogP contribution in [0.4, 0.5) is 0 Å². The Morgan fingerprint density at radius 2 is 1.60 bits per heavy atom. The Morgan fingerprint density at radius 3 is 2.30 bits per heavy atom. The molecule has 1 aliphatic heterocycles. The number of hydrogen-bond donors (Lipinski definition) is 1. The highest BCUT2D eigenvalue weighted by Gasteiger charge is 2.26. The van der Waals surface area contributed by atoms with Crippen LogP contribution < -0.4 is 0 Å². The lowest BCUT2D eigenvalue weighted by molar-refractivity contribution is -0.0246. The predicted octanol–water partition coefficient (Wildman–Crippen LogP) is 3.59. The van der Waals surface area contributed by atoms with Crippen LogP contribution in [0.3, 0.4) is 0 Å². The summed E-state index contributed by atoms with van der Waals surface area (Å²) < 4.78 is 5.84. The first-order chi connectivity index (χ1) is 9.83. The Hall–Kier alpha value is -1.90. The van der Waals surface area contributed by atoms with Crippen molar-refractivity contribution in [2.24, 2.45) is 0 Å². The van der Waals surface area contributed by atoms with Crippen LogP contribution in [-0.2, 0) is 4.74 Å². The van der Waals surface area contributed by atoms with E-state index in [1.165, 1.54) is 0 Å². The Balaban J connectivity index is 1.93. The molecular weight excluding hydrogens is 248 g/mol. The Kier molecular flexibility index (Phi) is 3.95. The third-order valence-corrected chi connectivity index (χ3v) is 3.52. The van der Waals surface area contributed by atoms with Crippen molar-refractivity contribution >= 4 is 6.08 Å². The lowest BCUT2D eigenvalue weighted by atomic mass is 9.92. The molecule has 2 aromatic carbocycles. The van der Waals surface area contributed by atoms with E-state index in [1.807, 2.05) is 36.4 Å². The van der Waals surface area contributed by atoms with Gasteiger partial charge in [-0.2, -0.15) is 0 Å². The van der Waals surface area contributed by atoms with E-state index >= 15 is 0 Å². The molecule has 2 nitrogen and oxygen atoms in total. The molecule has 0 spiro atoms. The van der Waals surface area contributed by atoms with Crippen molar-refractivity contribution < 1.29 is 9.84 Å². The monoisotopic (exact) mass is 266 g/mol. The van der Waals surface area contributed by atoms with Crippen molar-refractivity contribution in [3.8, 4) is 0 Å². The van der Waals surface area contributed by atoms with Crippen LogP contribution in [0.2, 0.25) is 0 Å². The summed E-state index contributed by atoms with van der Waals surface area (Å²) in [7, 11) is 0. The van der Waals surface area contributed by atoms with Gasteiger partial charge in [-0.25, -0.2) is 0 Å². The van der Waals surface area contributed by atoms with Gasteiger partial charge in [-0.3, -0.25) is 0 Å². The molecule has 1 aliphatic rings. The van der Waals surface area contributed by atoms with Crippen molar-refractivity contribution in [3.05, 3.63) is 77.4 Å². The van der Waals surface area contributed by atoms with Gasteiger partial charge in [-0.05, 0) is 23.1 Å². The highest BCUT2D eigenvalue weighted by Crippen LogP contribution is 2.34. The minimum Gasteiger partial charge on any atom is -0.390 e. The summed E-state index contributed by atoms with van der Waals surface area (Å²) >= 11 is 0. The molecule has 1 N–H and O–H groups in total. The zero-order chi connectivity index (χ0) is 13.8. The average Bonchev–Trinajstić information content (AvgIpc) is 2.49. The molecule has 0 aliphatic carbocycles. The number of hydrogen-bond acceptors (Lipinski definition) is 2. The second kappa shape index (κ2) is 6.04. The number of rotatable bonds is 2. The predicted molar refractivity (Wildman–Crippen MR) is 80.2 cm³/mol. The van der Waals surface area contributed by atoms with Gasteiger partial charge >= 0.3 is 0 Å². The van der Waals surface area contributed by atoms with Crippen molar-refractivity contribution in [2.75, 3.05) is 6.61 Å². The van der Waals surface area contributed by atoms with E-state index in [4.69, 9.17) is 4.74 Å². The van der Waals surface area contributed by atoms with Gasteiger partial charge in [-0.15, -0.1) is 0 Å². The minimum absolute atomic E-state index is 0.0557. The second-order valence-corrected chi connectivity index (χ2v) is 5.11. The summed E-state index contributed by atoms with van der Waals surface area (Å²) in [6.07, 6.45) is 2.32. The van der Waals surface area contributed by atoms with Crippen LogP contribution in [-0.4, -0.2) is 17.8 Å². The van der Waals surface area contributed by atoms with Crippen LogP contribution in [0, 0.1) is 0 Å². The van der Waals surface area contributed by atoms with E-state index in [0.717, 1.165) is 16.7 Å². The largest absolute Gasteiger partial charge is 0.390 e. The third-order valence-electron chi connectivity index (χ3n) is 3.52. The van der Waals surface area contributed by atoms with Gasteiger partial charge in [0, 0.05) is 0 Å². The van der Waals surface area contributed by atoms with E-state index in [-0.39, 0.29) is 6.10 Å². The van der Waals surface area contributed by atoms with Crippen LogP contribution in [0.25, 0.3) is 6.08 Å². The fourth-order valence-electron chi connectivity index (χ4n) is 2.59. The maximum Gasteiger partial charge on any atom is 0.104 e. The SMILES string of the molecule is O[C@@H]1CO[C@H](c2ccccc2)/C(=C\c2ccccc2)C1. The quantitative estimate of drug-likeness (QED) is 0.900. The number of ether oxygens (including phenoxy) is 1. The van der Waals surface area contributed by atoms with Gasteiger partial charge in [0.15, 0.2) is 0 Å². The smallest absolute Gasteiger partial charge is 0.104 e. The third kappa shape index (κ3) is 2.98. The van der Waals surface area contributed by atoms with E-state index in [9.17, 15) is 5.11 Å². The lowest BCUT2D eigenvalue weighted by Crippen LogP contribution is -2.26. The van der Waals surface area contributed by atoms with Gasteiger partial charge in [0.05, 0.1) is 12.7 Å². The summed E-state index contributed by atoms with van der Waals surface area (Å²) in [6.45, 7) is 0.395. The number of benzene rings is 2. The Bertz CT molecular complexity index is 575. The van der Waals surface area contributed by atoms with Crippen LogP contribution in [0.1, 0.15) is 23.7 Å². The van der Waals surface area contributed by atoms with Crippen LogP contribution >= 0.6 is 0 Å². The fourth-order valence-corrected chi connectivity index (χ4v) is 2.59. The zero-order valence-corrected chi connectivity index (χ0v) is 11.3. The van der Waals surface area contributed by atoms with Gasteiger partial charge in [0.1, 0.15) is 6.10 Å². The summed E-state index contributed by atoms with van der Waals surface area (Å²) in [5.41, 5.74) is 3.41. The number of aliphatic hydroxyl groups is 1. The lowest BCUT2D eigenvalue weighted by Gasteiger charge is -2.29. The Labute approximate surface area is 119 Å². The molecule has 2 aromatic rings. The van der Waals surface area contributed by atoms with Crippen molar-refractivity contribution in [2.45, 2.75) is 18.6 Å². The summed E-state index contributed by atoms with van der Waals surface area (Å²) in [6, 6.07) is 20.3. The molecule has 20 heavy (non-hydrogen) atoms. The van der Waals surface area contributed by atoms with Crippen LogP contribution in [0.15, 0.2) is 66.2 Å². The molecule has 0 aromatic heterocycles. The Morgan fingerprint density at radius 1 is 0.950 bits per heavy atom. The maximum absolute atomic E-state index is 9.86. The molecule has 2 atom stereocenters. The minimum atomic E-state index is -0.412.